The number of aromatic carboxylic acids is 1. The van der Waals surface area contributed by atoms with E-state index in [0.717, 1.165) is 25.5 Å². The van der Waals surface area contributed by atoms with Crippen molar-refractivity contribution in [1.82, 2.24) is 4.90 Å². The van der Waals surface area contributed by atoms with Crippen LogP contribution in [0.5, 0.6) is 0 Å². The summed E-state index contributed by atoms with van der Waals surface area (Å²) in [6.07, 6.45) is 2.17. The highest BCUT2D eigenvalue weighted by molar-refractivity contribution is 5.89. The van der Waals surface area contributed by atoms with Crippen molar-refractivity contribution in [2.75, 3.05) is 13.6 Å². The first-order chi connectivity index (χ1) is 8.04. The summed E-state index contributed by atoms with van der Waals surface area (Å²) in [5.41, 5.74) is 0.700. The highest BCUT2D eigenvalue weighted by Gasteiger charge is 2.12. The van der Waals surface area contributed by atoms with Gasteiger partial charge in [-0.15, -0.1) is 0 Å². The summed E-state index contributed by atoms with van der Waals surface area (Å²) in [5.74, 6) is -1.59. The number of carboxylic acids is 1. The Hall–Kier alpha value is -1.42. The summed E-state index contributed by atoms with van der Waals surface area (Å²) < 4.78 is 13.0. The van der Waals surface area contributed by atoms with E-state index in [2.05, 4.69) is 6.92 Å². The van der Waals surface area contributed by atoms with E-state index in [0.29, 0.717) is 12.1 Å². The van der Waals surface area contributed by atoms with Crippen molar-refractivity contribution in [2.45, 2.75) is 26.3 Å². The van der Waals surface area contributed by atoms with Gasteiger partial charge in [-0.05, 0) is 37.7 Å². The Morgan fingerprint density at radius 1 is 1.47 bits per heavy atom. The van der Waals surface area contributed by atoms with E-state index in [4.69, 9.17) is 5.11 Å². The van der Waals surface area contributed by atoms with Crippen LogP contribution in [0.15, 0.2) is 18.2 Å². The van der Waals surface area contributed by atoms with Gasteiger partial charge in [-0.3, -0.25) is 0 Å². The van der Waals surface area contributed by atoms with Gasteiger partial charge in [-0.2, -0.15) is 0 Å². The summed E-state index contributed by atoms with van der Waals surface area (Å²) in [6.45, 7) is 3.54. The molecule has 0 saturated carbocycles. The molecule has 0 radical (unpaired) electrons. The maximum absolute atomic E-state index is 13.0. The minimum atomic E-state index is -1.08. The van der Waals surface area contributed by atoms with Gasteiger partial charge in [-0.25, -0.2) is 9.18 Å². The van der Waals surface area contributed by atoms with Gasteiger partial charge in [0.25, 0.3) is 0 Å². The molecule has 0 heterocycles. The topological polar surface area (TPSA) is 40.5 Å². The first-order valence-electron chi connectivity index (χ1n) is 5.75. The van der Waals surface area contributed by atoms with Crippen molar-refractivity contribution in [1.29, 1.82) is 0 Å². The van der Waals surface area contributed by atoms with Crippen molar-refractivity contribution in [3.8, 4) is 0 Å². The molecule has 94 valence electrons. The van der Waals surface area contributed by atoms with Gasteiger partial charge in [-0.1, -0.05) is 19.4 Å². The van der Waals surface area contributed by atoms with Gasteiger partial charge in [0.2, 0.25) is 0 Å². The van der Waals surface area contributed by atoms with Crippen LogP contribution in [0.2, 0.25) is 0 Å². The number of unbranched alkanes of at least 4 members (excludes halogenated alkanes) is 1. The molecule has 0 atom stereocenters. The van der Waals surface area contributed by atoms with Crippen LogP contribution < -0.4 is 0 Å². The molecule has 1 aromatic rings. The molecular weight excluding hydrogens is 221 g/mol. The average Bonchev–Trinajstić information content (AvgIpc) is 2.28. The molecule has 0 aliphatic heterocycles. The van der Waals surface area contributed by atoms with Crippen LogP contribution in [-0.2, 0) is 6.54 Å². The van der Waals surface area contributed by atoms with Crippen molar-refractivity contribution in [3.05, 3.63) is 35.1 Å². The van der Waals surface area contributed by atoms with Crippen molar-refractivity contribution >= 4 is 5.97 Å². The first-order valence-corrected chi connectivity index (χ1v) is 5.75. The standard InChI is InChI=1S/C13H18FNO2/c1-3-4-7-15(2)9-10-5-6-11(14)8-12(10)13(16)17/h5-6,8H,3-4,7,9H2,1-2H3,(H,16,17). The molecule has 1 N–H and O–H groups in total. The maximum atomic E-state index is 13.0. The highest BCUT2D eigenvalue weighted by atomic mass is 19.1. The predicted octanol–water partition coefficient (Wildman–Crippen LogP) is 2.76. The lowest BCUT2D eigenvalue weighted by Gasteiger charge is -2.17. The lowest BCUT2D eigenvalue weighted by molar-refractivity contribution is 0.0694. The Labute approximate surface area is 101 Å². The van der Waals surface area contributed by atoms with Gasteiger partial charge in [0.1, 0.15) is 5.82 Å². The zero-order valence-corrected chi connectivity index (χ0v) is 10.2. The summed E-state index contributed by atoms with van der Waals surface area (Å²) in [4.78, 5) is 13.0. The minimum Gasteiger partial charge on any atom is -0.478 e. The number of carbonyl (C=O) groups is 1. The average molecular weight is 239 g/mol. The quantitative estimate of drug-likeness (QED) is 0.829. The Morgan fingerprint density at radius 2 is 2.18 bits per heavy atom. The van der Waals surface area contributed by atoms with E-state index in [1.807, 2.05) is 11.9 Å². The fourth-order valence-electron chi connectivity index (χ4n) is 1.68. The van der Waals surface area contributed by atoms with E-state index in [9.17, 15) is 9.18 Å². The van der Waals surface area contributed by atoms with Crippen LogP contribution in [0.1, 0.15) is 35.7 Å². The number of hydrogen-bond acceptors (Lipinski definition) is 2. The van der Waals surface area contributed by atoms with Crippen LogP contribution in [-0.4, -0.2) is 29.6 Å². The number of nitrogens with zero attached hydrogens (tertiary/aromatic N) is 1. The largest absolute Gasteiger partial charge is 0.478 e. The fraction of sp³-hybridized carbons (Fsp3) is 0.462. The van der Waals surface area contributed by atoms with E-state index < -0.39 is 11.8 Å². The SMILES string of the molecule is CCCCN(C)Cc1ccc(F)cc1C(=O)O. The fourth-order valence-corrected chi connectivity index (χ4v) is 1.68. The number of benzene rings is 1. The number of hydrogen-bond donors (Lipinski definition) is 1. The highest BCUT2D eigenvalue weighted by Crippen LogP contribution is 2.13. The third kappa shape index (κ3) is 4.15. The van der Waals surface area contributed by atoms with E-state index in [-0.39, 0.29) is 5.56 Å². The molecule has 0 bridgehead atoms. The van der Waals surface area contributed by atoms with Crippen molar-refractivity contribution in [3.63, 3.8) is 0 Å². The maximum Gasteiger partial charge on any atom is 0.336 e. The van der Waals surface area contributed by atoms with Gasteiger partial charge < -0.3 is 10.0 Å². The zero-order valence-electron chi connectivity index (χ0n) is 10.2. The molecule has 0 aliphatic rings. The van der Waals surface area contributed by atoms with E-state index in [1.54, 1.807) is 6.07 Å². The molecule has 0 spiro atoms. The van der Waals surface area contributed by atoms with Gasteiger partial charge in [0, 0.05) is 6.54 Å². The molecule has 0 amide bonds. The first kappa shape index (κ1) is 13.6. The smallest absolute Gasteiger partial charge is 0.336 e. The van der Waals surface area contributed by atoms with Crippen LogP contribution in [0.25, 0.3) is 0 Å². The molecule has 0 fully saturated rings. The summed E-state index contributed by atoms with van der Waals surface area (Å²) >= 11 is 0. The predicted molar refractivity (Wildman–Crippen MR) is 64.6 cm³/mol. The summed E-state index contributed by atoms with van der Waals surface area (Å²) in [7, 11) is 1.94. The monoisotopic (exact) mass is 239 g/mol. The summed E-state index contributed by atoms with van der Waals surface area (Å²) in [5, 5.41) is 8.99. The second kappa shape index (κ2) is 6.35. The Balaban J connectivity index is 2.79. The van der Waals surface area contributed by atoms with Gasteiger partial charge in [0.15, 0.2) is 0 Å². The Bertz CT molecular complexity index is 393. The third-order valence-electron chi connectivity index (χ3n) is 2.64. The normalized spacial score (nSPS) is 10.8. The van der Waals surface area contributed by atoms with Crippen LogP contribution in [0.4, 0.5) is 4.39 Å². The molecule has 3 nitrogen and oxygen atoms in total. The molecule has 1 aromatic carbocycles. The minimum absolute atomic E-state index is 0.0494. The van der Waals surface area contributed by atoms with Gasteiger partial charge in [0.05, 0.1) is 5.56 Å². The molecule has 0 aromatic heterocycles. The molecule has 1 rings (SSSR count). The van der Waals surface area contributed by atoms with Crippen molar-refractivity contribution < 1.29 is 14.3 Å². The van der Waals surface area contributed by atoms with E-state index >= 15 is 0 Å². The lowest BCUT2D eigenvalue weighted by Crippen LogP contribution is -2.20. The number of carboxylic acid groups (broad SMARTS) is 1. The third-order valence-corrected chi connectivity index (χ3v) is 2.64. The Kier molecular flexibility index (Phi) is 5.10. The number of halogens is 1. The van der Waals surface area contributed by atoms with Crippen LogP contribution >= 0.6 is 0 Å². The lowest BCUT2D eigenvalue weighted by atomic mass is 10.1. The second-order valence-corrected chi connectivity index (χ2v) is 4.20. The summed E-state index contributed by atoms with van der Waals surface area (Å²) in [6, 6.07) is 3.92. The van der Waals surface area contributed by atoms with Crippen LogP contribution in [0, 0.1) is 5.82 Å². The van der Waals surface area contributed by atoms with Gasteiger partial charge >= 0.3 is 5.97 Å². The molecular formula is C13H18FNO2. The van der Waals surface area contributed by atoms with Crippen molar-refractivity contribution in [2.24, 2.45) is 0 Å². The molecule has 0 unspecified atom stereocenters. The Morgan fingerprint density at radius 3 is 2.76 bits per heavy atom. The molecule has 0 aliphatic carbocycles. The second-order valence-electron chi connectivity index (χ2n) is 4.20. The molecule has 0 saturated heterocycles. The number of rotatable bonds is 6. The van der Waals surface area contributed by atoms with E-state index in [1.165, 1.54) is 6.07 Å². The molecule has 17 heavy (non-hydrogen) atoms. The van der Waals surface area contributed by atoms with Crippen LogP contribution in [0.3, 0.4) is 0 Å². The molecule has 4 heteroatoms. The zero-order chi connectivity index (χ0) is 12.8.